The maximum atomic E-state index is 13.6. The number of rotatable bonds is 7. The molecule has 2 aromatic carbocycles. The fraction of sp³-hybridized carbons (Fsp3) is 0.481. The van der Waals surface area contributed by atoms with Gasteiger partial charge < -0.3 is 9.64 Å². The van der Waals surface area contributed by atoms with Crippen molar-refractivity contribution in [2.45, 2.75) is 59.6 Å². The third-order valence-corrected chi connectivity index (χ3v) is 6.38. The minimum Gasteiger partial charge on any atom is -0.491 e. The summed E-state index contributed by atoms with van der Waals surface area (Å²) >= 11 is 0. The number of piperidine rings is 1. The van der Waals surface area contributed by atoms with E-state index in [1.807, 2.05) is 54.8 Å². The summed E-state index contributed by atoms with van der Waals surface area (Å²) in [6.45, 7) is 12.4. The van der Waals surface area contributed by atoms with Crippen LogP contribution in [0.25, 0.3) is 22.0 Å². The minimum atomic E-state index is 0.0805. The molecule has 0 spiro atoms. The Morgan fingerprint density at radius 3 is 2.69 bits per heavy atom. The summed E-state index contributed by atoms with van der Waals surface area (Å²) in [5, 5.41) is 0.693. The second-order valence-corrected chi connectivity index (χ2v) is 9.13. The number of likely N-dealkylation sites (tertiary alicyclic amines) is 1. The average molecular weight is 434 g/mol. The first-order valence-electron chi connectivity index (χ1n) is 12.0. The molecule has 170 valence electrons. The van der Waals surface area contributed by atoms with Crippen molar-refractivity contribution in [2.24, 2.45) is 5.92 Å². The van der Waals surface area contributed by atoms with E-state index in [1.165, 1.54) is 19.4 Å². The number of hydrogen-bond acceptors (Lipinski definition) is 4. The molecule has 5 heteroatoms. The summed E-state index contributed by atoms with van der Waals surface area (Å²) in [5.41, 5.74) is 2.91. The second-order valence-electron chi connectivity index (χ2n) is 9.13. The van der Waals surface area contributed by atoms with E-state index in [-0.39, 0.29) is 11.7 Å². The number of fused-ring (bicyclic) bond motifs is 1. The maximum absolute atomic E-state index is 13.6. The highest BCUT2D eigenvalue weighted by molar-refractivity contribution is 5.84. The van der Waals surface area contributed by atoms with Crippen LogP contribution in [-0.2, 0) is 13.0 Å². The Morgan fingerprint density at radius 1 is 1.12 bits per heavy atom. The van der Waals surface area contributed by atoms with E-state index < -0.39 is 0 Å². The van der Waals surface area contributed by atoms with Gasteiger partial charge in [-0.15, -0.1) is 0 Å². The molecule has 1 aliphatic rings. The van der Waals surface area contributed by atoms with Crippen molar-refractivity contribution in [1.82, 2.24) is 14.5 Å². The van der Waals surface area contributed by atoms with Crippen LogP contribution in [-0.4, -0.2) is 40.2 Å². The molecule has 0 N–H and O–H groups in total. The highest BCUT2D eigenvalue weighted by Crippen LogP contribution is 2.27. The molecule has 0 aliphatic carbocycles. The van der Waals surface area contributed by atoms with Gasteiger partial charge >= 0.3 is 0 Å². The fourth-order valence-electron chi connectivity index (χ4n) is 4.77. The van der Waals surface area contributed by atoms with E-state index in [0.29, 0.717) is 11.3 Å². The van der Waals surface area contributed by atoms with Gasteiger partial charge in [-0.3, -0.25) is 9.36 Å². The van der Waals surface area contributed by atoms with Gasteiger partial charge in [-0.1, -0.05) is 32.0 Å². The number of aryl methyl sites for hydroxylation is 1. The van der Waals surface area contributed by atoms with Crippen LogP contribution < -0.4 is 10.3 Å². The van der Waals surface area contributed by atoms with Crippen molar-refractivity contribution in [3.05, 3.63) is 58.6 Å². The van der Waals surface area contributed by atoms with Gasteiger partial charge in [0.15, 0.2) is 0 Å². The monoisotopic (exact) mass is 433 g/mol. The first-order chi connectivity index (χ1) is 15.5. The van der Waals surface area contributed by atoms with Crippen molar-refractivity contribution in [2.75, 3.05) is 19.6 Å². The molecule has 32 heavy (non-hydrogen) atoms. The predicted molar refractivity (Wildman–Crippen MR) is 131 cm³/mol. The van der Waals surface area contributed by atoms with Crippen LogP contribution in [0.1, 0.15) is 46.4 Å². The normalized spacial score (nSPS) is 17.2. The van der Waals surface area contributed by atoms with Crippen LogP contribution in [0.4, 0.5) is 0 Å². The summed E-state index contributed by atoms with van der Waals surface area (Å²) in [5.74, 6) is 2.22. The molecule has 0 saturated carbocycles. The molecule has 5 nitrogen and oxygen atoms in total. The summed E-state index contributed by atoms with van der Waals surface area (Å²) < 4.78 is 7.80. The molecule has 1 aliphatic heterocycles. The highest BCUT2D eigenvalue weighted by atomic mass is 16.5. The van der Waals surface area contributed by atoms with E-state index in [1.54, 1.807) is 0 Å². The molecule has 0 bridgehead atoms. The topological polar surface area (TPSA) is 47.4 Å². The molecule has 1 fully saturated rings. The van der Waals surface area contributed by atoms with Crippen LogP contribution >= 0.6 is 0 Å². The highest BCUT2D eigenvalue weighted by Gasteiger charge is 2.21. The van der Waals surface area contributed by atoms with E-state index in [9.17, 15) is 4.79 Å². The summed E-state index contributed by atoms with van der Waals surface area (Å²) in [4.78, 5) is 21.0. The second kappa shape index (κ2) is 9.86. The van der Waals surface area contributed by atoms with Gasteiger partial charge in [0.25, 0.3) is 5.56 Å². The van der Waals surface area contributed by atoms with Gasteiger partial charge in [-0.05, 0) is 81.1 Å². The number of benzene rings is 2. The first kappa shape index (κ1) is 22.5. The summed E-state index contributed by atoms with van der Waals surface area (Å²) in [6.07, 6.45) is 3.25. The average Bonchev–Trinajstić information content (AvgIpc) is 2.80. The Kier molecular flexibility index (Phi) is 6.95. The van der Waals surface area contributed by atoms with E-state index in [2.05, 4.69) is 24.8 Å². The van der Waals surface area contributed by atoms with Crippen molar-refractivity contribution in [1.29, 1.82) is 0 Å². The number of ether oxygens (including phenoxy) is 1. The zero-order valence-corrected chi connectivity index (χ0v) is 19.8. The van der Waals surface area contributed by atoms with E-state index >= 15 is 0 Å². The molecule has 1 saturated heterocycles. The Hall–Kier alpha value is -2.66. The number of aromatic nitrogens is 2. The van der Waals surface area contributed by atoms with E-state index in [0.717, 1.165) is 54.3 Å². The lowest BCUT2D eigenvalue weighted by Crippen LogP contribution is -2.39. The third-order valence-electron chi connectivity index (χ3n) is 6.38. The fourth-order valence-corrected chi connectivity index (χ4v) is 4.77. The van der Waals surface area contributed by atoms with Crippen LogP contribution in [0, 0.1) is 5.92 Å². The first-order valence-corrected chi connectivity index (χ1v) is 12.0. The number of nitrogens with zero attached hydrogens (tertiary/aromatic N) is 3. The van der Waals surface area contributed by atoms with Gasteiger partial charge in [0.1, 0.15) is 11.6 Å². The van der Waals surface area contributed by atoms with Gasteiger partial charge in [0.2, 0.25) is 0 Å². The Morgan fingerprint density at radius 2 is 1.94 bits per heavy atom. The molecule has 0 unspecified atom stereocenters. The quantitative estimate of drug-likeness (QED) is 0.517. The van der Waals surface area contributed by atoms with Crippen molar-refractivity contribution >= 4 is 10.9 Å². The van der Waals surface area contributed by atoms with Crippen LogP contribution in [0.15, 0.2) is 47.3 Å². The molecule has 2 heterocycles. The molecule has 1 aromatic heterocycles. The zero-order valence-electron chi connectivity index (χ0n) is 19.8. The van der Waals surface area contributed by atoms with Crippen LogP contribution in [0.2, 0.25) is 0 Å². The lowest BCUT2D eigenvalue weighted by Gasteiger charge is -2.32. The summed E-state index contributed by atoms with van der Waals surface area (Å²) in [6, 6.07) is 14.1. The molecule has 3 aromatic rings. The molecule has 4 rings (SSSR count). The SMILES string of the molecule is CCc1nc2ccc(-c3cccc(OC(C)C)c3)cc2c(=O)n1C[C@H]1CCCN(CC)C1. The number of hydrogen-bond donors (Lipinski definition) is 0. The van der Waals surface area contributed by atoms with Gasteiger partial charge in [0.05, 0.1) is 17.0 Å². The van der Waals surface area contributed by atoms with Gasteiger partial charge in [-0.2, -0.15) is 0 Å². The standard InChI is InChI=1S/C27H35N3O2/c1-5-26-28-25-13-12-22(21-10-7-11-23(15-21)32-19(3)4)16-24(25)27(31)30(26)18-20-9-8-14-29(6-2)17-20/h7,10-13,15-16,19-20H,5-6,8-9,14,17-18H2,1-4H3/t20-/m0/s1. The predicted octanol–water partition coefficient (Wildman–Crippen LogP) is 5.15. The zero-order chi connectivity index (χ0) is 22.7. The molecular formula is C27H35N3O2. The molecule has 1 atom stereocenters. The lowest BCUT2D eigenvalue weighted by molar-refractivity contribution is 0.168. The van der Waals surface area contributed by atoms with Crippen molar-refractivity contribution in [3.63, 3.8) is 0 Å². The molecular weight excluding hydrogens is 398 g/mol. The van der Waals surface area contributed by atoms with Crippen LogP contribution in [0.5, 0.6) is 5.75 Å². The largest absolute Gasteiger partial charge is 0.491 e. The van der Waals surface area contributed by atoms with E-state index in [4.69, 9.17) is 9.72 Å². The van der Waals surface area contributed by atoms with Crippen LogP contribution in [0.3, 0.4) is 0 Å². The minimum absolute atomic E-state index is 0.0805. The van der Waals surface area contributed by atoms with Gasteiger partial charge in [-0.25, -0.2) is 4.98 Å². The van der Waals surface area contributed by atoms with Crippen molar-refractivity contribution in [3.8, 4) is 16.9 Å². The Bertz CT molecular complexity index is 1140. The molecule has 0 amide bonds. The van der Waals surface area contributed by atoms with Gasteiger partial charge in [0, 0.05) is 19.5 Å². The lowest BCUT2D eigenvalue weighted by atomic mass is 9.97. The summed E-state index contributed by atoms with van der Waals surface area (Å²) in [7, 11) is 0. The van der Waals surface area contributed by atoms with Crippen molar-refractivity contribution < 1.29 is 4.74 Å². The molecule has 0 radical (unpaired) electrons. The Balaban J connectivity index is 1.71. The smallest absolute Gasteiger partial charge is 0.261 e. The third kappa shape index (κ3) is 4.88. The Labute approximate surface area is 191 Å². The maximum Gasteiger partial charge on any atom is 0.261 e.